The van der Waals surface area contributed by atoms with Gasteiger partial charge in [-0.2, -0.15) is 5.10 Å². The second-order valence-corrected chi connectivity index (χ2v) is 10.0. The Balaban J connectivity index is 1.71. The van der Waals surface area contributed by atoms with Gasteiger partial charge in [0.2, 0.25) is 0 Å². The van der Waals surface area contributed by atoms with Gasteiger partial charge in [-0.15, -0.1) is 0 Å². The number of benzene rings is 1. The lowest BCUT2D eigenvalue weighted by atomic mass is 10.0. The zero-order valence-electron chi connectivity index (χ0n) is 17.6. The van der Waals surface area contributed by atoms with Crippen molar-refractivity contribution in [2.75, 3.05) is 11.1 Å². The molecule has 10 heteroatoms. The number of pyridine rings is 1. The van der Waals surface area contributed by atoms with Gasteiger partial charge in [-0.05, 0) is 49.3 Å². The van der Waals surface area contributed by atoms with E-state index in [0.717, 1.165) is 52.3 Å². The number of rotatable bonds is 4. The summed E-state index contributed by atoms with van der Waals surface area (Å²) in [6.45, 7) is 1.92. The number of hydrogen-bond acceptors (Lipinski definition) is 6. The number of para-hydroxylation sites is 1. The molecule has 0 atom stereocenters. The number of thiazole rings is 1. The first-order valence-electron chi connectivity index (χ1n) is 10.5. The van der Waals surface area contributed by atoms with Crippen LogP contribution < -0.4 is 5.32 Å². The Morgan fingerprint density at radius 1 is 1.27 bits per heavy atom. The van der Waals surface area contributed by atoms with Gasteiger partial charge in [-0.3, -0.25) is 10.1 Å². The number of hydrogen-bond donors (Lipinski definition) is 1. The molecular formula is C23H19ClFN5OS2. The van der Waals surface area contributed by atoms with Crippen molar-refractivity contribution in [3.63, 3.8) is 0 Å². The minimum Gasteiger partial charge on any atom is -0.293 e. The molecule has 33 heavy (non-hydrogen) atoms. The third-order valence-electron chi connectivity index (χ3n) is 5.30. The summed E-state index contributed by atoms with van der Waals surface area (Å²) < 4.78 is 16.5. The van der Waals surface area contributed by atoms with E-state index in [9.17, 15) is 9.18 Å². The molecule has 0 saturated carbocycles. The van der Waals surface area contributed by atoms with Gasteiger partial charge in [0, 0.05) is 17.3 Å². The Bertz CT molecular complexity index is 1340. The molecule has 1 aliphatic carbocycles. The molecule has 0 spiro atoms. The number of nitrogens with one attached hydrogen (secondary N) is 1. The second kappa shape index (κ2) is 9.24. The molecule has 4 aromatic rings. The third-order valence-corrected chi connectivity index (χ3v) is 7.20. The highest BCUT2D eigenvalue weighted by atomic mass is 35.5. The van der Waals surface area contributed by atoms with Crippen molar-refractivity contribution >= 4 is 45.1 Å². The first-order chi connectivity index (χ1) is 16.0. The quantitative estimate of drug-likeness (QED) is 0.319. The summed E-state index contributed by atoms with van der Waals surface area (Å²) in [5.74, 6) is 0.311. The van der Waals surface area contributed by atoms with Crippen LogP contribution in [-0.4, -0.2) is 30.7 Å². The zero-order chi connectivity index (χ0) is 22.9. The number of nitrogens with zero attached hydrogens (tertiary/aromatic N) is 4. The maximum atomic E-state index is 14.9. The van der Waals surface area contributed by atoms with Crippen molar-refractivity contribution in [3.8, 4) is 27.5 Å². The van der Waals surface area contributed by atoms with Crippen molar-refractivity contribution in [2.45, 2.75) is 26.2 Å². The fourth-order valence-corrected chi connectivity index (χ4v) is 5.59. The first kappa shape index (κ1) is 22.1. The molecule has 5 rings (SSSR count). The molecule has 1 aliphatic rings. The van der Waals surface area contributed by atoms with Crippen LogP contribution in [-0.2, 0) is 12.8 Å². The minimum absolute atomic E-state index is 0.142. The number of halogens is 2. The maximum absolute atomic E-state index is 14.9. The molecular weight excluding hydrogens is 481 g/mol. The molecule has 1 N–H and O–H groups in total. The topological polar surface area (TPSA) is 72.7 Å². The van der Waals surface area contributed by atoms with E-state index in [4.69, 9.17) is 21.7 Å². The van der Waals surface area contributed by atoms with Crippen molar-refractivity contribution in [1.29, 1.82) is 0 Å². The summed E-state index contributed by atoms with van der Waals surface area (Å²) in [5, 5.41) is 8.51. The second-order valence-electron chi connectivity index (χ2n) is 7.40. The van der Waals surface area contributed by atoms with E-state index in [2.05, 4.69) is 10.3 Å². The van der Waals surface area contributed by atoms with Crippen molar-refractivity contribution in [2.24, 2.45) is 0 Å². The van der Waals surface area contributed by atoms with Gasteiger partial charge in [0.1, 0.15) is 16.7 Å². The SMILES string of the molecule is CCSC(=O)Nc1nc2c(s1)-c1c(c(-c3ccc(Cl)nc3)nn1-c1ccccc1F)CCC2. The molecule has 0 aliphatic heterocycles. The van der Waals surface area contributed by atoms with Crippen LogP contribution in [0.2, 0.25) is 5.15 Å². The van der Waals surface area contributed by atoms with E-state index in [1.165, 1.54) is 29.2 Å². The largest absolute Gasteiger partial charge is 0.293 e. The molecule has 0 radical (unpaired) electrons. The lowest BCUT2D eigenvalue weighted by Crippen LogP contribution is -2.04. The predicted molar refractivity (Wildman–Crippen MR) is 132 cm³/mol. The summed E-state index contributed by atoms with van der Waals surface area (Å²) in [5.41, 5.74) is 4.60. The van der Waals surface area contributed by atoms with Crippen LogP contribution in [0, 0.1) is 5.82 Å². The van der Waals surface area contributed by atoms with Crippen LogP contribution in [0.3, 0.4) is 0 Å². The Morgan fingerprint density at radius 3 is 2.88 bits per heavy atom. The van der Waals surface area contributed by atoms with Gasteiger partial charge < -0.3 is 0 Å². The Hall–Kier alpha value is -2.75. The van der Waals surface area contributed by atoms with Crippen LogP contribution in [0.4, 0.5) is 14.3 Å². The molecule has 1 amide bonds. The number of amides is 1. The molecule has 6 nitrogen and oxygen atoms in total. The normalized spacial score (nSPS) is 12.7. The molecule has 0 fully saturated rings. The van der Waals surface area contributed by atoms with Crippen LogP contribution in [0.15, 0.2) is 42.6 Å². The fraction of sp³-hybridized carbons (Fsp3) is 0.217. The van der Waals surface area contributed by atoms with Gasteiger partial charge in [0.05, 0.1) is 22.0 Å². The molecule has 3 heterocycles. The van der Waals surface area contributed by atoms with E-state index in [0.29, 0.717) is 21.7 Å². The number of aryl methyl sites for hydroxylation is 1. The minimum atomic E-state index is -0.369. The number of carbonyl (C=O) groups is 1. The Labute approximate surface area is 203 Å². The van der Waals surface area contributed by atoms with Gasteiger partial charge in [0.25, 0.3) is 5.24 Å². The number of aromatic nitrogens is 4. The van der Waals surface area contributed by atoms with Crippen LogP contribution in [0.1, 0.15) is 24.6 Å². The molecule has 168 valence electrons. The monoisotopic (exact) mass is 499 g/mol. The Kier molecular flexibility index (Phi) is 6.18. The summed E-state index contributed by atoms with van der Waals surface area (Å²) in [6, 6.07) is 10.2. The average molecular weight is 500 g/mol. The van der Waals surface area contributed by atoms with E-state index in [1.54, 1.807) is 35.1 Å². The average Bonchev–Trinajstić information content (AvgIpc) is 3.31. The standard InChI is InChI=1S/C23H19ClFN5OS2/c1-2-32-23(31)28-22-27-16-8-5-6-14-19(13-10-11-18(24)26-12-13)29-30(20(14)21(16)33-22)17-9-4-3-7-15(17)25/h3-4,7,9-12H,2,5-6,8H2,1H3,(H,27,28,31). The maximum Gasteiger partial charge on any atom is 0.285 e. The van der Waals surface area contributed by atoms with E-state index in [1.807, 2.05) is 13.0 Å². The van der Waals surface area contributed by atoms with Crippen LogP contribution in [0.25, 0.3) is 27.5 Å². The molecule has 0 unspecified atom stereocenters. The summed E-state index contributed by atoms with van der Waals surface area (Å²) >= 11 is 8.59. The lowest BCUT2D eigenvalue weighted by Gasteiger charge is -2.08. The zero-order valence-corrected chi connectivity index (χ0v) is 20.0. The third kappa shape index (κ3) is 4.28. The molecule has 0 saturated heterocycles. The van der Waals surface area contributed by atoms with E-state index < -0.39 is 0 Å². The van der Waals surface area contributed by atoms with Gasteiger partial charge in [0.15, 0.2) is 5.13 Å². The predicted octanol–water partition coefficient (Wildman–Crippen LogP) is 6.62. The van der Waals surface area contributed by atoms with Crippen molar-refractivity contribution in [1.82, 2.24) is 19.7 Å². The smallest absolute Gasteiger partial charge is 0.285 e. The number of fused-ring (bicyclic) bond motifs is 3. The lowest BCUT2D eigenvalue weighted by molar-refractivity contribution is 0.270. The highest BCUT2D eigenvalue weighted by Gasteiger charge is 2.29. The van der Waals surface area contributed by atoms with Crippen molar-refractivity contribution < 1.29 is 9.18 Å². The van der Waals surface area contributed by atoms with Gasteiger partial charge >= 0.3 is 0 Å². The van der Waals surface area contributed by atoms with Gasteiger partial charge in [-0.1, -0.05) is 53.8 Å². The Morgan fingerprint density at radius 2 is 2.12 bits per heavy atom. The van der Waals surface area contributed by atoms with Gasteiger partial charge in [-0.25, -0.2) is 19.0 Å². The summed E-state index contributed by atoms with van der Waals surface area (Å²) in [7, 11) is 0. The highest BCUT2D eigenvalue weighted by molar-refractivity contribution is 8.13. The van der Waals surface area contributed by atoms with E-state index >= 15 is 0 Å². The van der Waals surface area contributed by atoms with Crippen LogP contribution >= 0.6 is 34.7 Å². The number of thioether (sulfide) groups is 1. The molecule has 3 aromatic heterocycles. The van der Waals surface area contributed by atoms with Crippen molar-refractivity contribution in [3.05, 3.63) is 64.8 Å². The molecule has 0 bridgehead atoms. The molecule has 1 aromatic carbocycles. The summed E-state index contributed by atoms with van der Waals surface area (Å²) in [4.78, 5) is 21.9. The number of carbonyl (C=O) groups excluding carboxylic acids is 1. The fourth-order valence-electron chi connectivity index (χ4n) is 3.91. The van der Waals surface area contributed by atoms with E-state index in [-0.39, 0.29) is 11.1 Å². The number of anilines is 1. The first-order valence-corrected chi connectivity index (χ1v) is 12.7. The summed E-state index contributed by atoms with van der Waals surface area (Å²) in [6.07, 6.45) is 4.06. The van der Waals surface area contributed by atoms with Crippen LogP contribution in [0.5, 0.6) is 0 Å². The highest BCUT2D eigenvalue weighted by Crippen LogP contribution is 2.43.